The van der Waals surface area contributed by atoms with Crippen molar-refractivity contribution in [1.82, 2.24) is 9.13 Å². The van der Waals surface area contributed by atoms with Crippen LogP contribution in [0.3, 0.4) is 0 Å². The summed E-state index contributed by atoms with van der Waals surface area (Å²) in [5, 5.41) is 7.94. The fourth-order valence-corrected chi connectivity index (χ4v) is 3.51. The van der Waals surface area contributed by atoms with Crippen molar-refractivity contribution in [3.8, 4) is 11.4 Å². The molecule has 0 bridgehead atoms. The highest BCUT2D eigenvalue weighted by molar-refractivity contribution is 6.01. The van der Waals surface area contributed by atoms with E-state index in [1.165, 1.54) is 28.4 Å². The number of nitrogen functional groups attached to an aromatic ring is 1. The van der Waals surface area contributed by atoms with E-state index in [9.17, 15) is 14.4 Å². The molecule has 1 heterocycles. The van der Waals surface area contributed by atoms with Crippen LogP contribution in [0.5, 0.6) is 0 Å². The standard InChI is InChI=1S/C24H26N4O5/c1-4-33-23(30)17-8-11-20(19(13-17)22(25)26)27-14-15(2)28(24(27)31)18-9-5-16(6-10-18)7-12-21(29)32-3/h5-6,8-11,13-14H,4,7,12H2,1-3H3,(H3,25,26). The molecular formula is C24H26N4O5. The van der Waals surface area contributed by atoms with Crippen LogP contribution in [0.15, 0.2) is 53.5 Å². The Labute approximate surface area is 190 Å². The molecule has 9 nitrogen and oxygen atoms in total. The molecule has 0 radical (unpaired) electrons. The number of amidine groups is 1. The Hall–Kier alpha value is -4.14. The van der Waals surface area contributed by atoms with E-state index in [1.807, 2.05) is 12.1 Å². The first-order valence-corrected chi connectivity index (χ1v) is 10.4. The van der Waals surface area contributed by atoms with Crippen molar-refractivity contribution in [1.29, 1.82) is 5.41 Å². The second kappa shape index (κ2) is 9.99. The molecule has 0 saturated carbocycles. The van der Waals surface area contributed by atoms with Gasteiger partial charge in [-0.1, -0.05) is 12.1 Å². The lowest BCUT2D eigenvalue weighted by atomic mass is 10.1. The monoisotopic (exact) mass is 450 g/mol. The van der Waals surface area contributed by atoms with Gasteiger partial charge in [-0.3, -0.25) is 19.3 Å². The predicted octanol–water partition coefficient (Wildman–Crippen LogP) is 2.50. The lowest BCUT2D eigenvalue weighted by Crippen LogP contribution is -2.25. The van der Waals surface area contributed by atoms with Crippen LogP contribution < -0.4 is 11.4 Å². The van der Waals surface area contributed by atoms with Crippen LogP contribution in [0.2, 0.25) is 0 Å². The molecule has 2 aromatic carbocycles. The minimum absolute atomic E-state index is 0.221. The summed E-state index contributed by atoms with van der Waals surface area (Å²) in [5.74, 6) is -1.08. The first-order chi connectivity index (χ1) is 15.8. The number of methoxy groups -OCH3 is 1. The number of carbonyl (C=O) groups is 2. The molecule has 0 spiro atoms. The van der Waals surface area contributed by atoms with Gasteiger partial charge in [0.05, 0.1) is 30.7 Å². The summed E-state index contributed by atoms with van der Waals surface area (Å²) >= 11 is 0. The molecule has 0 aliphatic heterocycles. The van der Waals surface area contributed by atoms with Crippen LogP contribution >= 0.6 is 0 Å². The number of nitrogens with zero attached hydrogens (tertiary/aromatic N) is 2. The number of esters is 2. The molecule has 9 heteroatoms. The molecule has 3 aromatic rings. The van der Waals surface area contributed by atoms with Crippen molar-refractivity contribution < 1.29 is 19.1 Å². The highest BCUT2D eigenvalue weighted by Crippen LogP contribution is 2.19. The molecule has 0 fully saturated rings. The zero-order chi connectivity index (χ0) is 24.1. The van der Waals surface area contributed by atoms with Crippen molar-refractivity contribution >= 4 is 17.8 Å². The molecule has 172 valence electrons. The van der Waals surface area contributed by atoms with E-state index < -0.39 is 5.97 Å². The van der Waals surface area contributed by atoms with E-state index in [2.05, 4.69) is 4.74 Å². The number of nitrogens with one attached hydrogen (secondary N) is 1. The van der Waals surface area contributed by atoms with Crippen molar-refractivity contribution in [2.24, 2.45) is 5.73 Å². The van der Waals surface area contributed by atoms with Crippen molar-refractivity contribution in [2.75, 3.05) is 13.7 Å². The maximum absolute atomic E-state index is 13.3. The Balaban J connectivity index is 1.98. The van der Waals surface area contributed by atoms with E-state index in [-0.39, 0.29) is 41.6 Å². The van der Waals surface area contributed by atoms with Crippen molar-refractivity contribution in [2.45, 2.75) is 26.7 Å². The molecule has 33 heavy (non-hydrogen) atoms. The molecule has 0 unspecified atom stereocenters. The Kier molecular flexibility index (Phi) is 7.12. The van der Waals surface area contributed by atoms with Crippen LogP contribution in [-0.4, -0.2) is 40.6 Å². The fourth-order valence-electron chi connectivity index (χ4n) is 3.51. The smallest absolute Gasteiger partial charge is 0.338 e. The number of hydrogen-bond acceptors (Lipinski definition) is 6. The van der Waals surface area contributed by atoms with Gasteiger partial charge in [0.2, 0.25) is 0 Å². The van der Waals surface area contributed by atoms with Gasteiger partial charge in [0.1, 0.15) is 5.84 Å². The number of aromatic nitrogens is 2. The molecule has 0 saturated heterocycles. The van der Waals surface area contributed by atoms with Crippen molar-refractivity contribution in [3.63, 3.8) is 0 Å². The minimum Gasteiger partial charge on any atom is -0.469 e. The van der Waals surface area contributed by atoms with Gasteiger partial charge in [0.25, 0.3) is 0 Å². The molecule has 1 aromatic heterocycles. The van der Waals surface area contributed by atoms with E-state index >= 15 is 0 Å². The first kappa shape index (κ1) is 23.5. The van der Waals surface area contributed by atoms with E-state index in [4.69, 9.17) is 15.9 Å². The van der Waals surface area contributed by atoms with Crippen molar-refractivity contribution in [3.05, 3.63) is 81.5 Å². The highest BCUT2D eigenvalue weighted by atomic mass is 16.5. The average molecular weight is 450 g/mol. The third-order valence-corrected chi connectivity index (χ3v) is 5.16. The summed E-state index contributed by atoms with van der Waals surface area (Å²) in [6.07, 6.45) is 2.47. The second-order valence-electron chi connectivity index (χ2n) is 7.37. The molecule has 3 N–H and O–H groups in total. The molecule has 0 atom stereocenters. The Morgan fingerprint density at radius 2 is 1.82 bits per heavy atom. The number of aryl methyl sites for hydroxylation is 2. The van der Waals surface area contributed by atoms with Gasteiger partial charge in [0, 0.05) is 23.9 Å². The van der Waals surface area contributed by atoms with Gasteiger partial charge in [-0.05, 0) is 56.2 Å². The molecule has 3 rings (SSSR count). The van der Waals surface area contributed by atoms with Crippen LogP contribution in [0.1, 0.15) is 40.5 Å². The zero-order valence-corrected chi connectivity index (χ0v) is 18.8. The lowest BCUT2D eigenvalue weighted by Gasteiger charge is -2.11. The molecule has 0 aliphatic carbocycles. The second-order valence-corrected chi connectivity index (χ2v) is 7.37. The summed E-state index contributed by atoms with van der Waals surface area (Å²) in [6, 6.07) is 11.9. The lowest BCUT2D eigenvalue weighted by molar-refractivity contribution is -0.140. The summed E-state index contributed by atoms with van der Waals surface area (Å²) in [6.45, 7) is 3.72. The SMILES string of the molecule is CCOC(=O)c1ccc(-n2cc(C)n(-c3ccc(CCC(=O)OC)cc3)c2=O)c(C(=N)N)c1. The first-order valence-electron chi connectivity index (χ1n) is 10.4. The summed E-state index contributed by atoms with van der Waals surface area (Å²) < 4.78 is 12.6. The van der Waals surface area contributed by atoms with Gasteiger partial charge in [-0.25, -0.2) is 9.59 Å². The van der Waals surface area contributed by atoms with Crippen LogP contribution in [0, 0.1) is 12.3 Å². The Morgan fingerprint density at radius 3 is 2.42 bits per heavy atom. The number of rotatable bonds is 8. The topological polar surface area (TPSA) is 129 Å². The number of benzene rings is 2. The van der Waals surface area contributed by atoms with E-state index in [0.29, 0.717) is 23.5 Å². The average Bonchev–Trinajstić information content (AvgIpc) is 3.11. The number of nitrogens with two attached hydrogens (primary N) is 1. The maximum Gasteiger partial charge on any atom is 0.338 e. The van der Waals surface area contributed by atoms with E-state index in [0.717, 1.165) is 5.56 Å². The summed E-state index contributed by atoms with van der Waals surface area (Å²) in [7, 11) is 1.35. The van der Waals surface area contributed by atoms with Gasteiger partial charge in [-0.15, -0.1) is 0 Å². The van der Waals surface area contributed by atoms with Gasteiger partial charge in [0.15, 0.2) is 0 Å². The number of ether oxygens (including phenoxy) is 2. The molecular weight excluding hydrogens is 424 g/mol. The van der Waals surface area contributed by atoms with Crippen LogP contribution in [0.25, 0.3) is 11.4 Å². The van der Waals surface area contributed by atoms with Gasteiger partial charge in [-0.2, -0.15) is 0 Å². The Morgan fingerprint density at radius 1 is 1.12 bits per heavy atom. The number of hydrogen-bond donors (Lipinski definition) is 2. The Bertz CT molecular complexity index is 1250. The third-order valence-electron chi connectivity index (χ3n) is 5.16. The number of carbonyl (C=O) groups excluding carboxylic acids is 2. The number of imidazole rings is 1. The highest BCUT2D eigenvalue weighted by Gasteiger charge is 2.18. The summed E-state index contributed by atoms with van der Waals surface area (Å²) in [4.78, 5) is 36.7. The maximum atomic E-state index is 13.3. The normalized spacial score (nSPS) is 10.6. The fraction of sp³-hybridized carbons (Fsp3) is 0.250. The zero-order valence-electron chi connectivity index (χ0n) is 18.8. The molecule has 0 aliphatic rings. The van der Waals surface area contributed by atoms with Crippen LogP contribution in [0.4, 0.5) is 0 Å². The quantitative estimate of drug-likeness (QED) is 0.308. The largest absolute Gasteiger partial charge is 0.469 e. The van der Waals surface area contributed by atoms with Gasteiger partial charge < -0.3 is 15.2 Å². The van der Waals surface area contributed by atoms with Gasteiger partial charge >= 0.3 is 17.6 Å². The predicted molar refractivity (Wildman–Crippen MR) is 123 cm³/mol. The minimum atomic E-state index is -0.528. The van der Waals surface area contributed by atoms with Crippen LogP contribution in [-0.2, 0) is 20.7 Å². The third kappa shape index (κ3) is 5.03. The summed E-state index contributed by atoms with van der Waals surface area (Å²) in [5.41, 5.74) is 8.57. The molecule has 0 amide bonds. The van der Waals surface area contributed by atoms with E-state index in [1.54, 1.807) is 38.2 Å².